The fraction of sp³-hybridized carbons (Fsp3) is 0.619. The number of nitrogens with one attached hydrogen (secondary N) is 1. The molecule has 1 aromatic rings. The van der Waals surface area contributed by atoms with Crippen LogP contribution in [0.1, 0.15) is 45.1 Å². The zero-order valence-corrected chi connectivity index (χ0v) is 16.6. The molecular weight excluding hydrogens is 326 g/mol. The van der Waals surface area contributed by atoms with E-state index in [0.717, 1.165) is 51.3 Å². The molecule has 1 saturated heterocycles. The number of likely N-dealkylation sites (tertiary alicyclic amines) is 1. The lowest BCUT2D eigenvalue weighted by atomic mass is 9.76. The first-order chi connectivity index (χ1) is 12.6. The zero-order chi connectivity index (χ0) is 19.0. The van der Waals surface area contributed by atoms with Crippen LogP contribution in [0.3, 0.4) is 0 Å². The van der Waals surface area contributed by atoms with Gasteiger partial charge < -0.3 is 15.0 Å². The number of ether oxygens (including phenoxy) is 1. The van der Waals surface area contributed by atoms with Crippen LogP contribution in [0.25, 0.3) is 0 Å². The zero-order valence-electron chi connectivity index (χ0n) is 16.6. The minimum Gasteiger partial charge on any atom is -0.469 e. The van der Waals surface area contributed by atoms with Crippen molar-refractivity contribution in [2.24, 2.45) is 10.9 Å². The Bertz CT molecular complexity index is 589. The van der Waals surface area contributed by atoms with E-state index in [4.69, 9.17) is 4.74 Å². The van der Waals surface area contributed by atoms with Gasteiger partial charge in [0.1, 0.15) is 0 Å². The second-order valence-electron chi connectivity index (χ2n) is 7.04. The maximum atomic E-state index is 11.7. The molecule has 0 radical (unpaired) electrons. The van der Waals surface area contributed by atoms with Gasteiger partial charge in [-0.25, -0.2) is 0 Å². The van der Waals surface area contributed by atoms with Crippen LogP contribution in [-0.4, -0.2) is 50.6 Å². The lowest BCUT2D eigenvalue weighted by Crippen LogP contribution is -2.50. The van der Waals surface area contributed by atoms with Crippen molar-refractivity contribution >= 4 is 11.9 Å². The number of hydrogen-bond acceptors (Lipinski definition) is 3. The van der Waals surface area contributed by atoms with E-state index in [1.807, 2.05) is 7.05 Å². The summed E-state index contributed by atoms with van der Waals surface area (Å²) in [6.07, 6.45) is 3.78. The lowest BCUT2D eigenvalue weighted by molar-refractivity contribution is -0.146. The molecule has 1 fully saturated rings. The molecule has 0 amide bonds. The van der Waals surface area contributed by atoms with Crippen molar-refractivity contribution in [1.29, 1.82) is 0 Å². The number of benzene rings is 1. The van der Waals surface area contributed by atoms with Gasteiger partial charge >= 0.3 is 5.97 Å². The summed E-state index contributed by atoms with van der Waals surface area (Å²) < 4.78 is 4.88. The smallest absolute Gasteiger partial charge is 0.308 e. The molecule has 144 valence electrons. The number of carbonyl (C=O) groups excluding carboxylic acids is 1. The molecule has 5 nitrogen and oxygen atoms in total. The molecule has 0 unspecified atom stereocenters. The van der Waals surface area contributed by atoms with Crippen LogP contribution in [0.5, 0.6) is 0 Å². The van der Waals surface area contributed by atoms with Crippen LogP contribution in [-0.2, 0) is 14.9 Å². The topological polar surface area (TPSA) is 53.9 Å². The highest BCUT2D eigenvalue weighted by Crippen LogP contribution is 2.31. The third-order valence-electron chi connectivity index (χ3n) is 5.87. The number of methoxy groups -OCH3 is 1. The largest absolute Gasteiger partial charge is 0.469 e. The summed E-state index contributed by atoms with van der Waals surface area (Å²) in [5, 5.41) is 3.60. The third-order valence-corrected chi connectivity index (χ3v) is 5.87. The van der Waals surface area contributed by atoms with E-state index in [2.05, 4.69) is 59.4 Å². The van der Waals surface area contributed by atoms with Gasteiger partial charge in [-0.3, -0.25) is 9.79 Å². The van der Waals surface area contributed by atoms with E-state index in [9.17, 15) is 4.79 Å². The lowest BCUT2D eigenvalue weighted by Gasteiger charge is -2.37. The van der Waals surface area contributed by atoms with E-state index < -0.39 is 0 Å². The summed E-state index contributed by atoms with van der Waals surface area (Å²) in [5.74, 6) is 0.854. The number of carbonyl (C=O) groups is 1. The van der Waals surface area contributed by atoms with Crippen LogP contribution >= 0.6 is 0 Å². The van der Waals surface area contributed by atoms with Crippen molar-refractivity contribution in [1.82, 2.24) is 10.2 Å². The van der Waals surface area contributed by atoms with Gasteiger partial charge in [-0.2, -0.15) is 0 Å². The van der Waals surface area contributed by atoms with Gasteiger partial charge in [0.25, 0.3) is 0 Å². The fourth-order valence-corrected chi connectivity index (χ4v) is 3.88. The highest BCUT2D eigenvalue weighted by molar-refractivity contribution is 5.80. The molecule has 1 aliphatic heterocycles. The highest BCUT2D eigenvalue weighted by atomic mass is 16.5. The van der Waals surface area contributed by atoms with E-state index in [1.165, 1.54) is 12.7 Å². The Kier molecular flexibility index (Phi) is 7.49. The predicted octanol–water partition coefficient (Wildman–Crippen LogP) is 3.20. The molecule has 0 aromatic heterocycles. The molecule has 1 aromatic carbocycles. The number of esters is 1. The van der Waals surface area contributed by atoms with Crippen molar-refractivity contribution < 1.29 is 9.53 Å². The summed E-state index contributed by atoms with van der Waals surface area (Å²) in [6.45, 7) is 7.02. The minimum absolute atomic E-state index is 0.0176. The maximum absolute atomic E-state index is 11.7. The molecule has 0 aliphatic carbocycles. The maximum Gasteiger partial charge on any atom is 0.308 e. The Labute approximate surface area is 157 Å². The van der Waals surface area contributed by atoms with Crippen molar-refractivity contribution in [2.75, 3.05) is 33.8 Å². The standard InChI is InChI=1S/C21H33N3O2/c1-5-21(6-2,18-10-8-7-9-11-18)16-23-20(22-3)24-14-12-17(13-15-24)19(25)26-4/h7-11,17H,5-6,12-16H2,1-4H3,(H,22,23). The molecule has 26 heavy (non-hydrogen) atoms. The molecule has 2 rings (SSSR count). The fourth-order valence-electron chi connectivity index (χ4n) is 3.88. The van der Waals surface area contributed by atoms with E-state index in [-0.39, 0.29) is 17.3 Å². The average Bonchev–Trinajstić information content (AvgIpc) is 2.72. The second kappa shape index (κ2) is 9.60. The van der Waals surface area contributed by atoms with Crippen molar-refractivity contribution in [3.05, 3.63) is 35.9 Å². The second-order valence-corrected chi connectivity index (χ2v) is 7.04. The summed E-state index contributed by atoms with van der Waals surface area (Å²) in [4.78, 5) is 18.5. The summed E-state index contributed by atoms with van der Waals surface area (Å²) in [5.41, 5.74) is 1.47. The molecule has 0 bridgehead atoms. The number of piperidine rings is 1. The van der Waals surface area contributed by atoms with Crippen molar-refractivity contribution in [3.8, 4) is 0 Å². The predicted molar refractivity (Wildman–Crippen MR) is 106 cm³/mol. The molecule has 1 N–H and O–H groups in total. The number of guanidine groups is 1. The average molecular weight is 360 g/mol. The van der Waals surface area contributed by atoms with Gasteiger partial charge in [-0.05, 0) is 31.2 Å². The molecule has 0 atom stereocenters. The van der Waals surface area contributed by atoms with Gasteiger partial charge in [0, 0.05) is 32.1 Å². The van der Waals surface area contributed by atoms with Crippen LogP contribution in [0, 0.1) is 5.92 Å². The van der Waals surface area contributed by atoms with Gasteiger partial charge in [0.15, 0.2) is 5.96 Å². The van der Waals surface area contributed by atoms with E-state index >= 15 is 0 Å². The third kappa shape index (κ3) is 4.57. The van der Waals surface area contributed by atoms with E-state index in [0.29, 0.717) is 0 Å². The Balaban J connectivity index is 2.01. The van der Waals surface area contributed by atoms with Crippen LogP contribution in [0.15, 0.2) is 35.3 Å². The first-order valence-corrected chi connectivity index (χ1v) is 9.69. The monoisotopic (exact) mass is 359 g/mol. The number of nitrogens with zero attached hydrogens (tertiary/aromatic N) is 2. The quantitative estimate of drug-likeness (QED) is 0.481. The number of aliphatic imine (C=N–C) groups is 1. The normalized spacial score (nSPS) is 16.5. The molecule has 5 heteroatoms. The van der Waals surface area contributed by atoms with Gasteiger partial charge in [-0.15, -0.1) is 0 Å². The molecule has 1 aliphatic rings. The van der Waals surface area contributed by atoms with Crippen molar-refractivity contribution in [2.45, 2.75) is 44.9 Å². The van der Waals surface area contributed by atoms with Gasteiger partial charge in [0.05, 0.1) is 13.0 Å². The first kappa shape index (κ1) is 20.3. The molecule has 0 spiro atoms. The van der Waals surface area contributed by atoms with Crippen LogP contribution in [0.2, 0.25) is 0 Å². The van der Waals surface area contributed by atoms with Gasteiger partial charge in [0.2, 0.25) is 0 Å². The highest BCUT2D eigenvalue weighted by Gasteiger charge is 2.31. The van der Waals surface area contributed by atoms with Crippen LogP contribution < -0.4 is 5.32 Å². The van der Waals surface area contributed by atoms with E-state index in [1.54, 1.807) is 0 Å². The number of hydrogen-bond donors (Lipinski definition) is 1. The summed E-state index contributed by atoms with van der Waals surface area (Å²) in [6, 6.07) is 10.7. The summed E-state index contributed by atoms with van der Waals surface area (Å²) >= 11 is 0. The van der Waals surface area contributed by atoms with Gasteiger partial charge in [-0.1, -0.05) is 44.2 Å². The SMILES string of the molecule is CCC(CC)(CNC(=NC)N1CCC(C(=O)OC)CC1)c1ccccc1. The molecule has 1 heterocycles. The van der Waals surface area contributed by atoms with Crippen LogP contribution in [0.4, 0.5) is 0 Å². The van der Waals surface area contributed by atoms with Crippen molar-refractivity contribution in [3.63, 3.8) is 0 Å². The Hall–Kier alpha value is -2.04. The Morgan fingerprint density at radius 1 is 1.23 bits per heavy atom. The first-order valence-electron chi connectivity index (χ1n) is 9.69. The molecule has 0 saturated carbocycles. The number of rotatable bonds is 6. The minimum atomic E-state index is -0.0901. The Morgan fingerprint density at radius 2 is 1.85 bits per heavy atom. The Morgan fingerprint density at radius 3 is 2.35 bits per heavy atom. The molecular formula is C21H33N3O2. The summed E-state index contributed by atoms with van der Waals surface area (Å²) in [7, 11) is 3.30.